The van der Waals surface area contributed by atoms with Gasteiger partial charge in [-0.1, -0.05) is 19.1 Å². The van der Waals surface area contributed by atoms with Gasteiger partial charge < -0.3 is 19.5 Å². The molecule has 2 unspecified atom stereocenters. The van der Waals surface area contributed by atoms with Crippen molar-refractivity contribution >= 4 is 0 Å². The second-order valence-electron chi connectivity index (χ2n) is 4.92. The second-order valence-corrected chi connectivity index (χ2v) is 4.92. The van der Waals surface area contributed by atoms with Crippen LogP contribution in [0.15, 0.2) is 24.3 Å². The zero-order valence-electron chi connectivity index (χ0n) is 12.4. The maximum Gasteiger partial charge on any atom is 0.119 e. The molecule has 0 radical (unpaired) electrons. The summed E-state index contributed by atoms with van der Waals surface area (Å²) >= 11 is 0. The first-order valence-corrected chi connectivity index (χ1v) is 7.50. The van der Waals surface area contributed by atoms with Gasteiger partial charge in [0, 0.05) is 0 Å². The van der Waals surface area contributed by atoms with Crippen molar-refractivity contribution in [3.8, 4) is 5.75 Å². The Labute approximate surface area is 121 Å². The van der Waals surface area contributed by atoms with Gasteiger partial charge in [0.25, 0.3) is 0 Å². The molecule has 1 aromatic rings. The molecule has 1 N–H and O–H groups in total. The molecule has 0 spiro atoms. The maximum atomic E-state index is 5.86. The fourth-order valence-electron chi connectivity index (χ4n) is 2.43. The molecular formula is C16H25NO3. The zero-order chi connectivity index (χ0) is 14.2. The monoisotopic (exact) mass is 279 g/mol. The highest BCUT2D eigenvalue weighted by Gasteiger charge is 2.26. The number of ether oxygens (including phenoxy) is 3. The van der Waals surface area contributed by atoms with Crippen LogP contribution in [0.4, 0.5) is 0 Å². The van der Waals surface area contributed by atoms with E-state index in [-0.39, 0.29) is 12.1 Å². The largest absolute Gasteiger partial charge is 0.494 e. The summed E-state index contributed by atoms with van der Waals surface area (Å²) in [6.45, 7) is 7.80. The molecule has 20 heavy (non-hydrogen) atoms. The van der Waals surface area contributed by atoms with Crippen LogP contribution in [0.3, 0.4) is 0 Å². The predicted octanol–water partition coefficient (Wildman–Crippen LogP) is 2.54. The van der Waals surface area contributed by atoms with E-state index in [1.54, 1.807) is 0 Å². The van der Waals surface area contributed by atoms with Crippen LogP contribution in [0.2, 0.25) is 0 Å². The lowest BCUT2D eigenvalue weighted by Crippen LogP contribution is -2.40. The van der Waals surface area contributed by atoms with E-state index < -0.39 is 0 Å². The first kappa shape index (κ1) is 15.3. The molecule has 4 nitrogen and oxygen atoms in total. The van der Waals surface area contributed by atoms with Gasteiger partial charge in [-0.3, -0.25) is 0 Å². The predicted molar refractivity (Wildman–Crippen MR) is 79.2 cm³/mol. The minimum absolute atomic E-state index is 0.0622. The summed E-state index contributed by atoms with van der Waals surface area (Å²) in [7, 11) is 0. The number of nitrogens with one attached hydrogen (secondary N) is 1. The Morgan fingerprint density at radius 3 is 2.95 bits per heavy atom. The van der Waals surface area contributed by atoms with Crippen molar-refractivity contribution < 1.29 is 14.2 Å². The second kappa shape index (κ2) is 8.25. The van der Waals surface area contributed by atoms with E-state index in [4.69, 9.17) is 14.2 Å². The standard InChI is InChI=1S/C16H25NO3/c1-3-8-17-16(15-12-18-9-10-20-15)13-6-5-7-14(11-13)19-4-2/h5-7,11,15-17H,3-4,8-10,12H2,1-2H3. The van der Waals surface area contributed by atoms with Crippen LogP contribution in [0, 0.1) is 0 Å². The Morgan fingerprint density at radius 2 is 2.25 bits per heavy atom. The van der Waals surface area contributed by atoms with Gasteiger partial charge in [0.15, 0.2) is 0 Å². The van der Waals surface area contributed by atoms with Crippen LogP contribution in [-0.2, 0) is 9.47 Å². The normalized spacial score (nSPS) is 20.6. The molecule has 1 heterocycles. The third-order valence-corrected chi connectivity index (χ3v) is 3.36. The summed E-state index contributed by atoms with van der Waals surface area (Å²) in [6.07, 6.45) is 1.15. The minimum Gasteiger partial charge on any atom is -0.494 e. The SMILES string of the molecule is CCCNC(c1cccc(OCC)c1)C1COCCO1. The summed E-state index contributed by atoms with van der Waals surface area (Å²) in [5.41, 5.74) is 1.19. The maximum absolute atomic E-state index is 5.86. The molecule has 0 bridgehead atoms. The molecular weight excluding hydrogens is 254 g/mol. The Hall–Kier alpha value is -1.10. The van der Waals surface area contributed by atoms with Crippen LogP contribution < -0.4 is 10.1 Å². The molecule has 1 aliphatic rings. The molecule has 112 valence electrons. The summed E-state index contributed by atoms with van der Waals surface area (Å²) < 4.78 is 17.0. The summed E-state index contributed by atoms with van der Waals surface area (Å²) in [6, 6.07) is 8.38. The van der Waals surface area contributed by atoms with Gasteiger partial charge in [-0.05, 0) is 37.6 Å². The average Bonchev–Trinajstić information content (AvgIpc) is 2.50. The van der Waals surface area contributed by atoms with Crippen LogP contribution in [0.25, 0.3) is 0 Å². The van der Waals surface area contributed by atoms with Crippen molar-refractivity contribution in [3.63, 3.8) is 0 Å². The van der Waals surface area contributed by atoms with Gasteiger partial charge in [0.2, 0.25) is 0 Å². The molecule has 2 atom stereocenters. The van der Waals surface area contributed by atoms with E-state index in [2.05, 4.69) is 24.4 Å². The lowest BCUT2D eigenvalue weighted by molar-refractivity contribution is -0.102. The van der Waals surface area contributed by atoms with E-state index >= 15 is 0 Å². The van der Waals surface area contributed by atoms with Crippen LogP contribution in [0.5, 0.6) is 5.75 Å². The smallest absolute Gasteiger partial charge is 0.119 e. The molecule has 1 fully saturated rings. The van der Waals surface area contributed by atoms with Gasteiger partial charge in [0.1, 0.15) is 11.9 Å². The van der Waals surface area contributed by atoms with Gasteiger partial charge in [-0.2, -0.15) is 0 Å². The van der Waals surface area contributed by atoms with Crippen LogP contribution >= 0.6 is 0 Å². The van der Waals surface area contributed by atoms with E-state index in [1.807, 2.05) is 19.1 Å². The molecule has 4 heteroatoms. The highest BCUT2D eigenvalue weighted by molar-refractivity contribution is 5.31. The number of hydrogen-bond donors (Lipinski definition) is 1. The molecule has 1 aliphatic heterocycles. The number of rotatable bonds is 7. The van der Waals surface area contributed by atoms with Gasteiger partial charge in [0.05, 0.1) is 32.5 Å². The molecule has 0 aliphatic carbocycles. The summed E-state index contributed by atoms with van der Waals surface area (Å²) in [5, 5.41) is 3.56. The Morgan fingerprint density at radius 1 is 1.35 bits per heavy atom. The molecule has 1 aromatic carbocycles. The first-order valence-electron chi connectivity index (χ1n) is 7.50. The van der Waals surface area contributed by atoms with Gasteiger partial charge in [-0.15, -0.1) is 0 Å². The lowest BCUT2D eigenvalue weighted by Gasteiger charge is -2.31. The molecule has 0 amide bonds. The van der Waals surface area contributed by atoms with Crippen molar-refractivity contribution in [3.05, 3.63) is 29.8 Å². The summed E-state index contributed by atoms with van der Waals surface area (Å²) in [5.74, 6) is 0.907. The Bertz CT molecular complexity index is 391. The van der Waals surface area contributed by atoms with Gasteiger partial charge in [-0.25, -0.2) is 0 Å². The quantitative estimate of drug-likeness (QED) is 0.832. The molecule has 1 saturated heterocycles. The van der Waals surface area contributed by atoms with Crippen LogP contribution in [-0.4, -0.2) is 39.1 Å². The highest BCUT2D eigenvalue weighted by atomic mass is 16.6. The van der Waals surface area contributed by atoms with Crippen LogP contribution in [0.1, 0.15) is 31.9 Å². The number of benzene rings is 1. The van der Waals surface area contributed by atoms with Crippen molar-refractivity contribution in [2.45, 2.75) is 32.4 Å². The van der Waals surface area contributed by atoms with Crippen molar-refractivity contribution in [1.29, 1.82) is 0 Å². The molecule has 0 saturated carbocycles. The topological polar surface area (TPSA) is 39.7 Å². The highest BCUT2D eigenvalue weighted by Crippen LogP contribution is 2.25. The minimum atomic E-state index is 0.0622. The van der Waals surface area contributed by atoms with Gasteiger partial charge >= 0.3 is 0 Å². The van der Waals surface area contributed by atoms with Crippen molar-refractivity contribution in [2.24, 2.45) is 0 Å². The lowest BCUT2D eigenvalue weighted by atomic mass is 10.0. The van der Waals surface area contributed by atoms with Crippen molar-refractivity contribution in [2.75, 3.05) is 33.0 Å². The van der Waals surface area contributed by atoms with E-state index in [0.717, 1.165) is 18.7 Å². The number of hydrogen-bond acceptors (Lipinski definition) is 4. The van der Waals surface area contributed by atoms with E-state index in [1.165, 1.54) is 5.56 Å². The molecule has 0 aromatic heterocycles. The third kappa shape index (κ3) is 4.20. The summed E-state index contributed by atoms with van der Waals surface area (Å²) in [4.78, 5) is 0. The third-order valence-electron chi connectivity index (χ3n) is 3.36. The Kier molecular flexibility index (Phi) is 6.30. The zero-order valence-corrected chi connectivity index (χ0v) is 12.4. The van der Waals surface area contributed by atoms with E-state index in [9.17, 15) is 0 Å². The average molecular weight is 279 g/mol. The molecule has 2 rings (SSSR count). The Balaban J connectivity index is 2.13. The fourth-order valence-corrected chi connectivity index (χ4v) is 2.43. The van der Waals surface area contributed by atoms with E-state index in [0.29, 0.717) is 26.4 Å². The first-order chi connectivity index (χ1) is 9.85. The fraction of sp³-hybridized carbons (Fsp3) is 0.625. The van der Waals surface area contributed by atoms with Crippen molar-refractivity contribution in [1.82, 2.24) is 5.32 Å².